The van der Waals surface area contributed by atoms with Crippen LogP contribution in [0.2, 0.25) is 0 Å². The van der Waals surface area contributed by atoms with Crippen LogP contribution in [0.25, 0.3) is 0 Å². The highest BCUT2D eigenvalue weighted by molar-refractivity contribution is 7.98. The Hall–Kier alpha value is -0.970. The smallest absolute Gasteiger partial charge is 0.209 e. The van der Waals surface area contributed by atoms with Crippen molar-refractivity contribution in [2.75, 3.05) is 6.26 Å². The lowest BCUT2D eigenvalue weighted by Gasteiger charge is -1.90. The predicted octanol–water partition coefficient (Wildman–Crippen LogP) is 0.406. The molecule has 1 aromatic heterocycles. The second-order valence-electron chi connectivity index (χ2n) is 1.49. The fourth-order valence-corrected chi connectivity index (χ4v) is 0.768. The van der Waals surface area contributed by atoms with Gasteiger partial charge in [0.1, 0.15) is 5.69 Å². The van der Waals surface area contributed by atoms with Crippen molar-refractivity contribution in [1.82, 2.24) is 15.2 Å². The molecule has 0 aliphatic heterocycles. The summed E-state index contributed by atoms with van der Waals surface area (Å²) in [6.45, 7) is 0. The van der Waals surface area contributed by atoms with Crippen LogP contribution in [0, 0.1) is 0 Å². The van der Waals surface area contributed by atoms with Crippen molar-refractivity contribution in [2.24, 2.45) is 0 Å². The quantitative estimate of drug-likeness (QED) is 0.457. The summed E-state index contributed by atoms with van der Waals surface area (Å²) in [4.78, 5) is 14.0. The third kappa shape index (κ3) is 1.51. The van der Waals surface area contributed by atoms with Gasteiger partial charge in [0.25, 0.3) is 0 Å². The van der Waals surface area contributed by atoms with Crippen molar-refractivity contribution in [3.63, 3.8) is 0 Å². The number of hydrogen-bond donors (Lipinski definition) is 0. The van der Waals surface area contributed by atoms with Crippen molar-refractivity contribution in [3.05, 3.63) is 11.9 Å². The third-order valence-electron chi connectivity index (χ3n) is 0.861. The minimum absolute atomic E-state index is 0.319. The fraction of sp³-hybridized carbons (Fsp3) is 0.200. The summed E-state index contributed by atoms with van der Waals surface area (Å²) in [5, 5.41) is 7.73. The zero-order valence-electron chi connectivity index (χ0n) is 5.31. The van der Waals surface area contributed by atoms with Gasteiger partial charge in [0.05, 0.1) is 6.20 Å². The van der Waals surface area contributed by atoms with Crippen molar-refractivity contribution >= 4 is 18.0 Å². The van der Waals surface area contributed by atoms with Gasteiger partial charge in [0.2, 0.25) is 5.16 Å². The molecule has 0 saturated carbocycles. The van der Waals surface area contributed by atoms with Crippen LogP contribution in [0.15, 0.2) is 11.4 Å². The number of aromatic nitrogens is 3. The molecule has 0 radical (unpaired) electrons. The van der Waals surface area contributed by atoms with Gasteiger partial charge in [-0.1, -0.05) is 11.8 Å². The topological polar surface area (TPSA) is 55.7 Å². The Labute approximate surface area is 62.1 Å². The van der Waals surface area contributed by atoms with E-state index >= 15 is 0 Å². The van der Waals surface area contributed by atoms with E-state index in [2.05, 4.69) is 15.2 Å². The maximum atomic E-state index is 10.1. The first-order valence-electron chi connectivity index (χ1n) is 2.55. The van der Waals surface area contributed by atoms with Crippen LogP contribution in [0.5, 0.6) is 0 Å². The second kappa shape index (κ2) is 3.26. The maximum Gasteiger partial charge on any atom is 0.209 e. The van der Waals surface area contributed by atoms with E-state index in [1.807, 2.05) is 6.26 Å². The van der Waals surface area contributed by atoms with E-state index in [1.165, 1.54) is 18.0 Å². The lowest BCUT2D eigenvalue weighted by molar-refractivity contribution is 0.111. The Bertz CT molecular complexity index is 240. The summed E-state index contributed by atoms with van der Waals surface area (Å²) >= 11 is 1.35. The molecule has 0 unspecified atom stereocenters. The molecule has 0 aromatic carbocycles. The molecule has 0 aliphatic carbocycles. The first kappa shape index (κ1) is 7.14. The van der Waals surface area contributed by atoms with Crippen LogP contribution in [0.4, 0.5) is 0 Å². The van der Waals surface area contributed by atoms with Crippen molar-refractivity contribution < 1.29 is 4.79 Å². The zero-order chi connectivity index (χ0) is 7.40. The van der Waals surface area contributed by atoms with Crippen LogP contribution in [0.1, 0.15) is 10.5 Å². The predicted molar refractivity (Wildman–Crippen MR) is 37.0 cm³/mol. The molecule has 0 aliphatic rings. The molecule has 0 saturated heterocycles. The zero-order valence-corrected chi connectivity index (χ0v) is 6.13. The molecular weight excluding hydrogens is 150 g/mol. The van der Waals surface area contributed by atoms with Crippen LogP contribution >= 0.6 is 11.8 Å². The van der Waals surface area contributed by atoms with Crippen LogP contribution in [0.3, 0.4) is 0 Å². The van der Waals surface area contributed by atoms with Crippen LogP contribution < -0.4 is 0 Å². The molecule has 0 bridgehead atoms. The lowest BCUT2D eigenvalue weighted by atomic mass is 10.5. The highest BCUT2D eigenvalue weighted by atomic mass is 32.2. The summed E-state index contributed by atoms with van der Waals surface area (Å²) in [6, 6.07) is 0. The average molecular weight is 155 g/mol. The van der Waals surface area contributed by atoms with Crippen molar-refractivity contribution in [1.29, 1.82) is 0 Å². The molecule has 0 amide bonds. The molecule has 5 heteroatoms. The van der Waals surface area contributed by atoms with Gasteiger partial charge in [-0.2, -0.15) is 5.10 Å². The normalized spacial score (nSPS) is 9.30. The standard InChI is InChI=1S/C5H5N3OS/c1-10-5-7-4(3-9)2-6-8-5/h2-3H,1H3. The van der Waals surface area contributed by atoms with E-state index in [1.54, 1.807) is 0 Å². The van der Waals surface area contributed by atoms with Gasteiger partial charge in [-0.3, -0.25) is 4.79 Å². The highest BCUT2D eigenvalue weighted by Gasteiger charge is 1.95. The van der Waals surface area contributed by atoms with Crippen molar-refractivity contribution in [2.45, 2.75) is 5.16 Å². The number of thioether (sulfide) groups is 1. The maximum absolute atomic E-state index is 10.1. The van der Waals surface area contributed by atoms with Gasteiger partial charge in [0, 0.05) is 0 Å². The first-order valence-corrected chi connectivity index (χ1v) is 3.78. The molecule has 4 nitrogen and oxygen atoms in total. The van der Waals surface area contributed by atoms with Gasteiger partial charge in [-0.25, -0.2) is 4.98 Å². The van der Waals surface area contributed by atoms with Gasteiger partial charge in [0.15, 0.2) is 6.29 Å². The first-order chi connectivity index (χ1) is 4.86. The largest absolute Gasteiger partial charge is 0.296 e. The number of aldehydes is 1. The highest BCUT2D eigenvalue weighted by Crippen LogP contribution is 2.04. The monoisotopic (exact) mass is 155 g/mol. The SMILES string of the molecule is CSc1nncc(C=O)n1. The van der Waals surface area contributed by atoms with Gasteiger partial charge < -0.3 is 0 Å². The van der Waals surface area contributed by atoms with Crippen LogP contribution in [-0.2, 0) is 0 Å². The number of carbonyl (C=O) groups excluding carboxylic acids is 1. The number of hydrogen-bond acceptors (Lipinski definition) is 5. The molecule has 52 valence electrons. The minimum Gasteiger partial charge on any atom is -0.296 e. The van der Waals surface area contributed by atoms with Crippen LogP contribution in [-0.4, -0.2) is 27.7 Å². The van der Waals surface area contributed by atoms with Gasteiger partial charge in [-0.05, 0) is 6.26 Å². The summed E-state index contributed by atoms with van der Waals surface area (Å²) in [5.74, 6) is 0. The molecule has 1 rings (SSSR count). The summed E-state index contributed by atoms with van der Waals surface area (Å²) in [5.41, 5.74) is 0.319. The summed E-state index contributed by atoms with van der Waals surface area (Å²) in [6.07, 6.45) is 3.80. The Morgan fingerprint density at radius 2 is 2.50 bits per heavy atom. The molecule has 0 N–H and O–H groups in total. The Morgan fingerprint density at radius 3 is 3.10 bits per heavy atom. The Morgan fingerprint density at radius 1 is 1.70 bits per heavy atom. The molecule has 0 spiro atoms. The minimum atomic E-state index is 0.319. The number of rotatable bonds is 2. The van der Waals surface area contributed by atoms with E-state index in [4.69, 9.17) is 0 Å². The van der Waals surface area contributed by atoms with E-state index in [0.29, 0.717) is 17.1 Å². The second-order valence-corrected chi connectivity index (χ2v) is 2.26. The molecule has 1 heterocycles. The number of carbonyl (C=O) groups is 1. The molecular formula is C5H5N3OS. The average Bonchev–Trinajstić information content (AvgIpc) is 2.05. The summed E-state index contributed by atoms with van der Waals surface area (Å²) < 4.78 is 0. The molecule has 10 heavy (non-hydrogen) atoms. The van der Waals surface area contributed by atoms with Gasteiger partial charge in [-0.15, -0.1) is 5.10 Å². The van der Waals surface area contributed by atoms with E-state index in [0.717, 1.165) is 0 Å². The fourth-order valence-electron chi connectivity index (χ4n) is 0.442. The van der Waals surface area contributed by atoms with Crippen molar-refractivity contribution in [3.8, 4) is 0 Å². The van der Waals surface area contributed by atoms with Gasteiger partial charge >= 0.3 is 0 Å². The number of nitrogens with zero attached hydrogens (tertiary/aromatic N) is 3. The summed E-state index contributed by atoms with van der Waals surface area (Å²) in [7, 11) is 0. The lowest BCUT2D eigenvalue weighted by Crippen LogP contribution is -1.94. The van der Waals surface area contributed by atoms with E-state index in [9.17, 15) is 4.79 Å². The Kier molecular flexibility index (Phi) is 2.33. The van der Waals surface area contributed by atoms with E-state index < -0.39 is 0 Å². The molecule has 1 aromatic rings. The third-order valence-corrected chi connectivity index (χ3v) is 1.40. The molecule has 0 fully saturated rings. The van der Waals surface area contributed by atoms with E-state index in [-0.39, 0.29) is 0 Å². The Balaban J connectivity index is 2.98. The molecule has 0 atom stereocenters.